The van der Waals surface area contributed by atoms with Crippen LogP contribution >= 0.6 is 0 Å². The summed E-state index contributed by atoms with van der Waals surface area (Å²) in [5.74, 6) is 0. The Morgan fingerprint density at radius 3 is 2.17 bits per heavy atom. The van der Waals surface area contributed by atoms with E-state index in [-0.39, 0.29) is 0 Å². The van der Waals surface area contributed by atoms with Gasteiger partial charge in [-0.3, -0.25) is 0 Å². The van der Waals surface area contributed by atoms with Crippen molar-refractivity contribution in [3.05, 3.63) is 18.7 Å². The van der Waals surface area contributed by atoms with Crippen molar-refractivity contribution in [2.24, 2.45) is 0 Å². The Kier molecular flexibility index (Phi) is 13.9. The lowest BCUT2D eigenvalue weighted by atomic mass is 10.1. The molecule has 1 unspecified atom stereocenters. The summed E-state index contributed by atoms with van der Waals surface area (Å²) in [6.07, 6.45) is 23.3. The molecule has 24 heavy (non-hydrogen) atoms. The van der Waals surface area contributed by atoms with Gasteiger partial charge in [0.2, 0.25) is 0 Å². The fourth-order valence-corrected chi connectivity index (χ4v) is 3.13. The minimum atomic E-state index is 0.420. The topological polar surface area (TPSA) is 27.1 Å². The highest BCUT2D eigenvalue weighted by Crippen LogP contribution is 2.14. The molecule has 0 aliphatic carbocycles. The fraction of sp³-hybridized carbons (Fsp3) is 0.857. The zero-order valence-electron chi connectivity index (χ0n) is 16.2. The molecule has 0 fully saturated rings. The first-order valence-corrected chi connectivity index (χ1v) is 10.4. The second-order valence-corrected chi connectivity index (χ2v) is 7.05. The molecule has 1 aromatic heterocycles. The summed E-state index contributed by atoms with van der Waals surface area (Å²) >= 11 is 0. The standard InChI is InChI=1S/C21H40N2O/c1-3-5-7-8-9-10-11-13-19-24-21(14-12-6-4-2)15-17-23-18-16-22-20-23/h16,18,20-21H,3-15,17,19H2,1-2H3. The molecule has 0 N–H and O–H groups in total. The summed E-state index contributed by atoms with van der Waals surface area (Å²) in [4.78, 5) is 4.12. The lowest BCUT2D eigenvalue weighted by Gasteiger charge is -2.18. The van der Waals surface area contributed by atoms with Crippen molar-refractivity contribution in [2.45, 2.75) is 110 Å². The third kappa shape index (κ3) is 11.7. The Labute approximate surface area is 150 Å². The highest BCUT2D eigenvalue weighted by Gasteiger charge is 2.09. The molecular weight excluding hydrogens is 296 g/mol. The first-order chi connectivity index (χ1) is 11.9. The maximum absolute atomic E-state index is 6.20. The van der Waals surface area contributed by atoms with Gasteiger partial charge in [0, 0.05) is 25.5 Å². The number of unbranched alkanes of at least 4 members (excludes halogenated alkanes) is 9. The lowest BCUT2D eigenvalue weighted by molar-refractivity contribution is 0.0347. The van der Waals surface area contributed by atoms with Gasteiger partial charge in [-0.25, -0.2) is 4.98 Å². The molecule has 0 aliphatic heterocycles. The van der Waals surface area contributed by atoms with Crippen molar-refractivity contribution in [1.82, 2.24) is 9.55 Å². The van der Waals surface area contributed by atoms with Crippen LogP contribution in [0.5, 0.6) is 0 Å². The average molecular weight is 337 g/mol. The van der Waals surface area contributed by atoms with E-state index in [0.29, 0.717) is 6.10 Å². The van der Waals surface area contributed by atoms with Gasteiger partial charge in [0.25, 0.3) is 0 Å². The molecule has 0 amide bonds. The number of nitrogens with zero attached hydrogens (tertiary/aromatic N) is 2. The molecule has 0 bridgehead atoms. The lowest BCUT2D eigenvalue weighted by Crippen LogP contribution is -2.16. The van der Waals surface area contributed by atoms with Crippen LogP contribution in [0.15, 0.2) is 18.7 Å². The van der Waals surface area contributed by atoms with E-state index in [1.165, 1.54) is 77.0 Å². The highest BCUT2D eigenvalue weighted by molar-refractivity contribution is 4.74. The van der Waals surface area contributed by atoms with E-state index in [1.807, 2.05) is 18.7 Å². The molecule has 140 valence electrons. The van der Waals surface area contributed by atoms with Crippen LogP contribution in [-0.2, 0) is 11.3 Å². The summed E-state index contributed by atoms with van der Waals surface area (Å²) in [6, 6.07) is 0. The first-order valence-electron chi connectivity index (χ1n) is 10.4. The molecule has 0 radical (unpaired) electrons. The van der Waals surface area contributed by atoms with E-state index in [4.69, 9.17) is 4.74 Å². The quantitative estimate of drug-likeness (QED) is 0.309. The van der Waals surface area contributed by atoms with Gasteiger partial charge in [0.05, 0.1) is 12.4 Å². The molecule has 1 atom stereocenters. The minimum Gasteiger partial charge on any atom is -0.378 e. The van der Waals surface area contributed by atoms with Gasteiger partial charge in [-0.05, 0) is 19.3 Å². The van der Waals surface area contributed by atoms with Crippen LogP contribution in [-0.4, -0.2) is 22.3 Å². The minimum absolute atomic E-state index is 0.420. The van der Waals surface area contributed by atoms with Crippen LogP contribution in [0.25, 0.3) is 0 Å². The van der Waals surface area contributed by atoms with Gasteiger partial charge in [0.1, 0.15) is 0 Å². The van der Waals surface area contributed by atoms with E-state index in [0.717, 1.165) is 19.6 Å². The molecular formula is C21H40N2O. The zero-order valence-corrected chi connectivity index (χ0v) is 16.2. The predicted octanol–water partition coefficient (Wildman–Crippen LogP) is 6.38. The number of hydrogen-bond acceptors (Lipinski definition) is 2. The van der Waals surface area contributed by atoms with Crippen LogP contribution in [0.2, 0.25) is 0 Å². The SMILES string of the molecule is CCCCCCCCCCOC(CCCCC)CCn1ccnc1. The van der Waals surface area contributed by atoms with Gasteiger partial charge < -0.3 is 9.30 Å². The molecule has 3 heteroatoms. The van der Waals surface area contributed by atoms with Crippen LogP contribution in [0, 0.1) is 0 Å². The number of imidazole rings is 1. The van der Waals surface area contributed by atoms with E-state index in [1.54, 1.807) is 0 Å². The fourth-order valence-electron chi connectivity index (χ4n) is 3.13. The zero-order chi connectivity index (χ0) is 17.3. The maximum atomic E-state index is 6.20. The van der Waals surface area contributed by atoms with Crippen molar-refractivity contribution >= 4 is 0 Å². The highest BCUT2D eigenvalue weighted by atomic mass is 16.5. The first kappa shape index (κ1) is 21.2. The molecule has 0 spiro atoms. The Balaban J connectivity index is 2.07. The van der Waals surface area contributed by atoms with Crippen molar-refractivity contribution in [1.29, 1.82) is 0 Å². The van der Waals surface area contributed by atoms with Gasteiger partial charge in [-0.15, -0.1) is 0 Å². The molecule has 1 aromatic rings. The molecule has 0 aliphatic rings. The summed E-state index contributed by atoms with van der Waals surface area (Å²) in [5, 5.41) is 0. The molecule has 1 heterocycles. The van der Waals surface area contributed by atoms with E-state index in [9.17, 15) is 0 Å². The maximum Gasteiger partial charge on any atom is 0.0945 e. The van der Waals surface area contributed by atoms with Crippen molar-refractivity contribution in [2.75, 3.05) is 6.61 Å². The van der Waals surface area contributed by atoms with Crippen molar-refractivity contribution < 1.29 is 4.74 Å². The monoisotopic (exact) mass is 336 g/mol. The van der Waals surface area contributed by atoms with Gasteiger partial charge in [0.15, 0.2) is 0 Å². The third-order valence-corrected chi connectivity index (χ3v) is 4.75. The van der Waals surface area contributed by atoms with Gasteiger partial charge >= 0.3 is 0 Å². The van der Waals surface area contributed by atoms with Crippen molar-refractivity contribution in [3.63, 3.8) is 0 Å². The summed E-state index contributed by atoms with van der Waals surface area (Å²) < 4.78 is 8.36. The number of aryl methyl sites for hydroxylation is 1. The molecule has 1 rings (SSSR count). The number of aromatic nitrogens is 2. The van der Waals surface area contributed by atoms with Crippen molar-refractivity contribution in [3.8, 4) is 0 Å². The van der Waals surface area contributed by atoms with Crippen LogP contribution in [0.3, 0.4) is 0 Å². The van der Waals surface area contributed by atoms with Gasteiger partial charge in [-0.2, -0.15) is 0 Å². The Hall–Kier alpha value is -0.830. The molecule has 0 saturated carbocycles. The van der Waals surface area contributed by atoms with E-state index < -0.39 is 0 Å². The van der Waals surface area contributed by atoms with Gasteiger partial charge in [-0.1, -0.05) is 78.1 Å². The second-order valence-electron chi connectivity index (χ2n) is 7.05. The van der Waals surface area contributed by atoms with E-state index in [2.05, 4.69) is 23.4 Å². The van der Waals surface area contributed by atoms with Crippen LogP contribution in [0.4, 0.5) is 0 Å². The van der Waals surface area contributed by atoms with Crippen LogP contribution < -0.4 is 0 Å². The Bertz CT molecular complexity index is 351. The summed E-state index contributed by atoms with van der Waals surface area (Å²) in [5.41, 5.74) is 0. The third-order valence-electron chi connectivity index (χ3n) is 4.75. The summed E-state index contributed by atoms with van der Waals surface area (Å²) in [6.45, 7) is 6.51. The second kappa shape index (κ2) is 15.7. The molecule has 0 aromatic carbocycles. The predicted molar refractivity (Wildman–Crippen MR) is 103 cm³/mol. The van der Waals surface area contributed by atoms with Crippen LogP contribution in [0.1, 0.15) is 97.3 Å². The molecule has 0 saturated heterocycles. The number of rotatable bonds is 17. The Morgan fingerprint density at radius 2 is 1.50 bits per heavy atom. The average Bonchev–Trinajstić information content (AvgIpc) is 3.11. The largest absolute Gasteiger partial charge is 0.378 e. The summed E-state index contributed by atoms with van der Waals surface area (Å²) in [7, 11) is 0. The van der Waals surface area contributed by atoms with E-state index >= 15 is 0 Å². The molecule has 3 nitrogen and oxygen atoms in total. The normalized spacial score (nSPS) is 12.6. The number of ether oxygens (including phenoxy) is 1. The smallest absolute Gasteiger partial charge is 0.0945 e. The Morgan fingerprint density at radius 1 is 0.833 bits per heavy atom. The number of hydrogen-bond donors (Lipinski definition) is 0.